The monoisotopic (exact) mass is 284 g/mol. The van der Waals surface area contributed by atoms with Gasteiger partial charge < -0.3 is 4.74 Å². The van der Waals surface area contributed by atoms with E-state index >= 15 is 0 Å². The van der Waals surface area contributed by atoms with Crippen molar-refractivity contribution in [3.8, 4) is 5.19 Å². The molecule has 0 radical (unpaired) electrons. The van der Waals surface area contributed by atoms with Gasteiger partial charge in [0.15, 0.2) is 0 Å². The average Bonchev–Trinajstić information content (AvgIpc) is 2.63. The Kier molecular flexibility index (Phi) is 3.33. The highest BCUT2D eigenvalue weighted by Gasteiger charge is 2.02. The molecule has 0 saturated carbocycles. The number of rotatable bonds is 3. The molecule has 0 fully saturated rings. The van der Waals surface area contributed by atoms with Crippen molar-refractivity contribution in [2.45, 2.75) is 13.5 Å². The van der Waals surface area contributed by atoms with Gasteiger partial charge in [-0.25, -0.2) is 0 Å². The molecule has 0 aliphatic heterocycles. The Morgan fingerprint density at radius 3 is 3.07 bits per heavy atom. The lowest BCUT2D eigenvalue weighted by molar-refractivity contribution is 0.303. The third-order valence-corrected chi connectivity index (χ3v) is 3.41. The first-order chi connectivity index (χ1) is 7.25. The number of nitrogens with zero attached hydrogens (tertiary/aromatic N) is 2. The second kappa shape index (κ2) is 4.72. The highest BCUT2D eigenvalue weighted by atomic mass is 79.9. The summed E-state index contributed by atoms with van der Waals surface area (Å²) in [6.45, 7) is 2.55. The molecule has 0 aliphatic rings. The number of hydrogen-bond acceptors (Lipinski definition) is 4. The summed E-state index contributed by atoms with van der Waals surface area (Å²) >= 11 is 4.75. The van der Waals surface area contributed by atoms with Crippen molar-refractivity contribution >= 4 is 27.3 Å². The van der Waals surface area contributed by atoms with Crippen LogP contribution in [-0.4, -0.2) is 9.97 Å². The summed E-state index contributed by atoms with van der Waals surface area (Å²) in [5.74, 6) is 0. The van der Waals surface area contributed by atoms with E-state index in [1.54, 1.807) is 6.20 Å². The van der Waals surface area contributed by atoms with Gasteiger partial charge in [-0.2, -0.15) is 4.98 Å². The fourth-order valence-corrected chi connectivity index (χ4v) is 2.18. The van der Waals surface area contributed by atoms with Crippen molar-refractivity contribution in [1.29, 1.82) is 0 Å². The predicted octanol–water partition coefficient (Wildman–Crippen LogP) is 3.19. The Morgan fingerprint density at radius 2 is 2.40 bits per heavy atom. The predicted molar refractivity (Wildman–Crippen MR) is 63.1 cm³/mol. The van der Waals surface area contributed by atoms with Crippen molar-refractivity contribution in [3.05, 3.63) is 39.6 Å². The molecular weight excluding hydrogens is 276 g/mol. The first kappa shape index (κ1) is 10.6. The fourth-order valence-electron chi connectivity index (χ4n) is 1.09. The minimum Gasteiger partial charge on any atom is -0.465 e. The molecule has 0 unspecified atom stereocenters. The van der Waals surface area contributed by atoms with Crippen molar-refractivity contribution < 1.29 is 4.74 Å². The van der Waals surface area contributed by atoms with Gasteiger partial charge in [-0.15, -0.1) is 0 Å². The minimum atomic E-state index is 0.514. The van der Waals surface area contributed by atoms with Crippen molar-refractivity contribution in [2.75, 3.05) is 0 Å². The van der Waals surface area contributed by atoms with E-state index in [-0.39, 0.29) is 0 Å². The molecule has 0 spiro atoms. The summed E-state index contributed by atoms with van der Waals surface area (Å²) in [6, 6.07) is 1.97. The Balaban J connectivity index is 2.02. The lowest BCUT2D eigenvalue weighted by Gasteiger charge is -2.04. The second-order valence-electron chi connectivity index (χ2n) is 3.03. The summed E-state index contributed by atoms with van der Waals surface area (Å²) < 4.78 is 6.34. The maximum Gasteiger partial charge on any atom is 0.274 e. The number of halogens is 1. The zero-order valence-corrected chi connectivity index (χ0v) is 10.5. The number of aromatic nitrogens is 2. The average molecular weight is 285 g/mol. The molecular formula is C10H9BrN2OS. The number of hydrogen-bond donors (Lipinski definition) is 0. The van der Waals surface area contributed by atoms with Crippen LogP contribution in [0.5, 0.6) is 5.19 Å². The maximum atomic E-state index is 5.53. The second-order valence-corrected chi connectivity index (χ2v) is 4.66. The van der Waals surface area contributed by atoms with Gasteiger partial charge in [-0.3, -0.25) is 4.98 Å². The number of ether oxygens (including phenoxy) is 1. The van der Waals surface area contributed by atoms with Crippen LogP contribution in [-0.2, 0) is 6.61 Å². The summed E-state index contributed by atoms with van der Waals surface area (Å²) in [4.78, 5) is 8.20. The van der Waals surface area contributed by atoms with Crippen LogP contribution in [0.3, 0.4) is 0 Å². The molecule has 0 atom stereocenters. The number of aryl methyl sites for hydroxylation is 1. The van der Waals surface area contributed by atoms with Crippen LogP contribution in [0.25, 0.3) is 0 Å². The van der Waals surface area contributed by atoms with E-state index in [4.69, 9.17) is 4.74 Å². The van der Waals surface area contributed by atoms with Crippen LogP contribution in [0, 0.1) is 6.92 Å². The molecule has 2 heterocycles. The number of pyridine rings is 1. The highest BCUT2D eigenvalue weighted by Crippen LogP contribution is 2.22. The van der Waals surface area contributed by atoms with Gasteiger partial charge in [0.1, 0.15) is 11.2 Å². The summed E-state index contributed by atoms with van der Waals surface area (Å²) in [5, 5.41) is 2.57. The van der Waals surface area contributed by atoms with E-state index < -0.39 is 0 Å². The molecule has 2 aromatic rings. The van der Waals surface area contributed by atoms with Crippen LogP contribution >= 0.6 is 27.3 Å². The Bertz CT molecular complexity index is 458. The van der Waals surface area contributed by atoms with Crippen LogP contribution in [0.1, 0.15) is 11.1 Å². The van der Waals surface area contributed by atoms with Gasteiger partial charge in [0.2, 0.25) is 0 Å². The fraction of sp³-hybridized carbons (Fsp3) is 0.200. The quantitative estimate of drug-likeness (QED) is 0.868. The van der Waals surface area contributed by atoms with Crippen molar-refractivity contribution in [2.24, 2.45) is 0 Å². The van der Waals surface area contributed by atoms with Gasteiger partial charge in [0.05, 0.1) is 0 Å². The van der Waals surface area contributed by atoms with Crippen LogP contribution in [0.2, 0.25) is 0 Å². The molecule has 0 aromatic carbocycles. The van der Waals surface area contributed by atoms with Gasteiger partial charge in [-0.1, -0.05) is 11.3 Å². The molecule has 0 aliphatic carbocycles. The highest BCUT2D eigenvalue weighted by molar-refractivity contribution is 9.10. The zero-order valence-electron chi connectivity index (χ0n) is 8.11. The van der Waals surface area contributed by atoms with Gasteiger partial charge in [0, 0.05) is 23.3 Å². The Labute approximate surface area is 100 Å². The molecule has 0 N–H and O–H groups in total. The lowest BCUT2D eigenvalue weighted by Crippen LogP contribution is -1.98. The van der Waals surface area contributed by atoms with Gasteiger partial charge in [-0.05, 0) is 34.5 Å². The standard InChI is InChI=1S/C10H9BrN2OS/c1-7-2-3-12-4-8(7)5-14-10-13-9(11)6-15-10/h2-4,6H,5H2,1H3. The van der Waals surface area contributed by atoms with Crippen LogP contribution in [0.4, 0.5) is 0 Å². The summed E-state index contributed by atoms with van der Waals surface area (Å²) in [6.07, 6.45) is 3.59. The normalized spacial score (nSPS) is 10.3. The van der Waals surface area contributed by atoms with Gasteiger partial charge >= 0.3 is 0 Å². The first-order valence-corrected chi connectivity index (χ1v) is 6.06. The van der Waals surface area contributed by atoms with E-state index in [2.05, 4.69) is 25.9 Å². The summed E-state index contributed by atoms with van der Waals surface area (Å²) in [7, 11) is 0. The van der Waals surface area contributed by atoms with Crippen molar-refractivity contribution in [3.63, 3.8) is 0 Å². The maximum absolute atomic E-state index is 5.53. The third kappa shape index (κ3) is 2.76. The van der Waals surface area contributed by atoms with Crippen LogP contribution < -0.4 is 4.74 Å². The molecule has 15 heavy (non-hydrogen) atoms. The van der Waals surface area contributed by atoms with Crippen molar-refractivity contribution in [1.82, 2.24) is 9.97 Å². The topological polar surface area (TPSA) is 35.0 Å². The SMILES string of the molecule is Cc1ccncc1COc1nc(Br)cs1. The summed E-state index contributed by atoms with van der Waals surface area (Å²) in [5.41, 5.74) is 2.27. The molecule has 3 nitrogen and oxygen atoms in total. The number of thiazole rings is 1. The van der Waals surface area contributed by atoms with E-state index in [0.717, 1.165) is 10.2 Å². The van der Waals surface area contributed by atoms with Gasteiger partial charge in [0.25, 0.3) is 5.19 Å². The van der Waals surface area contributed by atoms with E-state index in [1.165, 1.54) is 16.9 Å². The van der Waals surface area contributed by atoms with E-state index in [9.17, 15) is 0 Å². The smallest absolute Gasteiger partial charge is 0.274 e. The lowest BCUT2D eigenvalue weighted by atomic mass is 10.2. The first-order valence-electron chi connectivity index (χ1n) is 4.39. The molecule has 78 valence electrons. The molecule has 0 amide bonds. The molecule has 2 aromatic heterocycles. The van der Waals surface area contributed by atoms with E-state index in [1.807, 2.05) is 24.6 Å². The van der Waals surface area contributed by atoms with E-state index in [0.29, 0.717) is 11.8 Å². The molecule has 0 bridgehead atoms. The largest absolute Gasteiger partial charge is 0.465 e. The zero-order chi connectivity index (χ0) is 10.7. The van der Waals surface area contributed by atoms with Crippen LogP contribution in [0.15, 0.2) is 28.4 Å². The Hall–Kier alpha value is -0.940. The molecule has 2 rings (SSSR count). The third-order valence-electron chi connectivity index (χ3n) is 1.95. The Morgan fingerprint density at radius 1 is 1.53 bits per heavy atom. The molecule has 0 saturated heterocycles. The molecule has 5 heteroatoms. The minimum absolute atomic E-state index is 0.514.